The van der Waals surface area contributed by atoms with Crippen LogP contribution >= 0.6 is 0 Å². The normalized spacial score (nSPS) is 25.6. The maximum absolute atomic E-state index is 13.0. The molecule has 0 aromatic carbocycles. The number of likely N-dealkylation sites (N-methyl/N-ethyl adjacent to an activating group) is 1. The summed E-state index contributed by atoms with van der Waals surface area (Å²) in [7, 11) is 2.17. The number of aromatic nitrogens is 1. The van der Waals surface area contributed by atoms with Gasteiger partial charge in [0.15, 0.2) is 11.3 Å². The quantitative estimate of drug-likeness (QED) is 0.855. The van der Waals surface area contributed by atoms with Crippen LogP contribution in [0.15, 0.2) is 22.6 Å². The molecule has 0 bridgehead atoms. The number of aryl methyl sites for hydroxylation is 1. The Hall–Kier alpha value is -1.88. The molecule has 0 N–H and O–H groups in total. The second-order valence-electron chi connectivity index (χ2n) is 6.84. The van der Waals surface area contributed by atoms with Gasteiger partial charge in [-0.1, -0.05) is 0 Å². The molecule has 0 saturated carbocycles. The molecule has 122 valence electrons. The van der Waals surface area contributed by atoms with Crippen LogP contribution in [0, 0.1) is 6.92 Å². The van der Waals surface area contributed by atoms with Gasteiger partial charge in [-0.05, 0) is 58.3 Å². The summed E-state index contributed by atoms with van der Waals surface area (Å²) in [5.74, 6) is 0.439. The predicted octanol–water partition coefficient (Wildman–Crippen LogP) is 2.84. The maximum Gasteiger partial charge on any atom is 0.289 e. The Morgan fingerprint density at radius 3 is 2.78 bits per heavy atom. The number of hydrogen-bond donors (Lipinski definition) is 0. The molecule has 2 atom stereocenters. The average molecular weight is 313 g/mol. The van der Waals surface area contributed by atoms with Gasteiger partial charge >= 0.3 is 0 Å². The van der Waals surface area contributed by atoms with E-state index >= 15 is 0 Å². The summed E-state index contributed by atoms with van der Waals surface area (Å²) in [6.45, 7) is 3.91. The van der Waals surface area contributed by atoms with Crippen molar-refractivity contribution in [2.45, 2.75) is 44.7 Å². The number of hydrogen-bond acceptors (Lipinski definition) is 4. The number of pyridine rings is 1. The molecule has 2 aliphatic rings. The molecule has 4 heterocycles. The Bertz CT molecular complexity index is 739. The van der Waals surface area contributed by atoms with Gasteiger partial charge in [0.1, 0.15) is 5.52 Å². The van der Waals surface area contributed by atoms with Crippen LogP contribution in [0.3, 0.4) is 0 Å². The van der Waals surface area contributed by atoms with E-state index in [0.717, 1.165) is 37.1 Å². The van der Waals surface area contributed by atoms with Gasteiger partial charge in [-0.25, -0.2) is 4.98 Å². The van der Waals surface area contributed by atoms with Gasteiger partial charge in [-0.3, -0.25) is 4.79 Å². The highest BCUT2D eigenvalue weighted by atomic mass is 16.3. The molecule has 2 saturated heterocycles. The lowest BCUT2D eigenvalue weighted by Crippen LogP contribution is -2.47. The van der Waals surface area contributed by atoms with Crippen molar-refractivity contribution in [1.29, 1.82) is 0 Å². The zero-order chi connectivity index (χ0) is 16.0. The number of fused-ring (bicyclic) bond motifs is 1. The van der Waals surface area contributed by atoms with E-state index in [1.54, 1.807) is 6.07 Å². The average Bonchev–Trinajstić information content (AvgIpc) is 3.23. The van der Waals surface area contributed by atoms with E-state index in [1.807, 2.05) is 24.0 Å². The minimum absolute atomic E-state index is 0.0171. The number of furan rings is 1. The second kappa shape index (κ2) is 5.64. The number of likely N-dealkylation sites (tertiary alicyclic amines) is 2. The number of nitrogens with zero attached hydrogens (tertiary/aromatic N) is 3. The summed E-state index contributed by atoms with van der Waals surface area (Å²) in [5.41, 5.74) is 2.39. The number of carbonyl (C=O) groups excluding carboxylic acids is 1. The molecule has 2 aromatic heterocycles. The van der Waals surface area contributed by atoms with E-state index in [4.69, 9.17) is 4.42 Å². The van der Waals surface area contributed by atoms with E-state index in [2.05, 4.69) is 16.9 Å². The highest BCUT2D eigenvalue weighted by Gasteiger charge is 2.39. The number of rotatable bonds is 2. The Kier molecular flexibility index (Phi) is 3.60. The molecule has 0 aliphatic carbocycles. The number of amides is 1. The highest BCUT2D eigenvalue weighted by molar-refractivity contribution is 5.95. The Balaban J connectivity index is 1.61. The smallest absolute Gasteiger partial charge is 0.289 e. The van der Waals surface area contributed by atoms with E-state index in [0.29, 0.717) is 23.4 Å². The first-order valence-corrected chi connectivity index (χ1v) is 8.52. The third kappa shape index (κ3) is 2.53. The van der Waals surface area contributed by atoms with Gasteiger partial charge in [0.05, 0.1) is 0 Å². The van der Waals surface area contributed by atoms with Crippen LogP contribution in [0.2, 0.25) is 0 Å². The van der Waals surface area contributed by atoms with Crippen LogP contribution in [0.1, 0.15) is 41.9 Å². The topological polar surface area (TPSA) is 49.6 Å². The van der Waals surface area contributed by atoms with Gasteiger partial charge in [0.2, 0.25) is 0 Å². The first kappa shape index (κ1) is 14.7. The van der Waals surface area contributed by atoms with Crippen LogP contribution in [0.25, 0.3) is 11.1 Å². The molecule has 0 unspecified atom stereocenters. The monoisotopic (exact) mass is 313 g/mol. The minimum atomic E-state index is 0.0171. The summed E-state index contributed by atoms with van der Waals surface area (Å²) in [4.78, 5) is 21.8. The van der Waals surface area contributed by atoms with E-state index in [1.165, 1.54) is 12.8 Å². The van der Waals surface area contributed by atoms with Crippen molar-refractivity contribution in [2.75, 3.05) is 20.1 Å². The molecule has 2 aromatic rings. The number of carbonyl (C=O) groups is 1. The Labute approximate surface area is 136 Å². The van der Waals surface area contributed by atoms with Crippen LogP contribution in [0.5, 0.6) is 0 Å². The van der Waals surface area contributed by atoms with E-state index in [9.17, 15) is 4.79 Å². The van der Waals surface area contributed by atoms with Crippen LogP contribution < -0.4 is 0 Å². The fourth-order valence-electron chi connectivity index (χ4n) is 4.14. The zero-order valence-corrected chi connectivity index (χ0v) is 13.8. The molecule has 4 rings (SSSR count). The zero-order valence-electron chi connectivity index (χ0n) is 13.8. The molecule has 5 nitrogen and oxygen atoms in total. The van der Waals surface area contributed by atoms with Crippen LogP contribution in [-0.2, 0) is 0 Å². The van der Waals surface area contributed by atoms with Crippen molar-refractivity contribution >= 4 is 17.0 Å². The summed E-state index contributed by atoms with van der Waals surface area (Å²) < 4.78 is 5.77. The van der Waals surface area contributed by atoms with Crippen molar-refractivity contribution < 1.29 is 9.21 Å². The molecule has 2 aliphatic heterocycles. The molecule has 0 radical (unpaired) electrons. The summed E-state index contributed by atoms with van der Waals surface area (Å²) >= 11 is 0. The SMILES string of the molecule is Cc1ccc2oc(C(=O)N3CCC[C@H]3[C@H]3CCCN3C)cc2n1. The third-order valence-electron chi connectivity index (χ3n) is 5.30. The van der Waals surface area contributed by atoms with Crippen molar-refractivity contribution in [1.82, 2.24) is 14.8 Å². The molecule has 1 amide bonds. The lowest BCUT2D eigenvalue weighted by molar-refractivity contribution is 0.0635. The van der Waals surface area contributed by atoms with Crippen molar-refractivity contribution in [2.24, 2.45) is 0 Å². The third-order valence-corrected chi connectivity index (χ3v) is 5.30. The summed E-state index contributed by atoms with van der Waals surface area (Å²) in [5, 5.41) is 0. The minimum Gasteiger partial charge on any atom is -0.449 e. The molecular formula is C18H23N3O2. The standard InChI is InChI=1S/C18H23N3O2/c1-12-7-8-16-13(19-12)11-17(23-16)18(22)21-10-4-6-15(21)14-5-3-9-20(14)2/h7-8,11,14-15H,3-6,9-10H2,1-2H3/t14-,15+/m1/s1. The van der Waals surface area contributed by atoms with Gasteiger partial charge < -0.3 is 14.2 Å². The fraction of sp³-hybridized carbons (Fsp3) is 0.556. The fourth-order valence-corrected chi connectivity index (χ4v) is 4.14. The lowest BCUT2D eigenvalue weighted by atomic mass is 10.0. The second-order valence-corrected chi connectivity index (χ2v) is 6.84. The molecule has 0 spiro atoms. The van der Waals surface area contributed by atoms with E-state index in [-0.39, 0.29) is 5.91 Å². The molecule has 5 heteroatoms. The van der Waals surface area contributed by atoms with Crippen molar-refractivity contribution in [3.05, 3.63) is 29.7 Å². The van der Waals surface area contributed by atoms with Crippen LogP contribution in [0.4, 0.5) is 0 Å². The van der Waals surface area contributed by atoms with Gasteiger partial charge in [-0.2, -0.15) is 0 Å². The molecular weight excluding hydrogens is 290 g/mol. The van der Waals surface area contributed by atoms with Crippen LogP contribution in [-0.4, -0.2) is 52.9 Å². The largest absolute Gasteiger partial charge is 0.449 e. The Morgan fingerprint density at radius 2 is 2.00 bits per heavy atom. The predicted molar refractivity (Wildman–Crippen MR) is 88.5 cm³/mol. The van der Waals surface area contributed by atoms with Gasteiger partial charge in [0.25, 0.3) is 5.91 Å². The lowest BCUT2D eigenvalue weighted by Gasteiger charge is -2.32. The highest BCUT2D eigenvalue weighted by Crippen LogP contribution is 2.31. The van der Waals surface area contributed by atoms with Gasteiger partial charge in [0, 0.05) is 30.4 Å². The first-order chi connectivity index (χ1) is 11.1. The Morgan fingerprint density at radius 1 is 1.22 bits per heavy atom. The molecule has 23 heavy (non-hydrogen) atoms. The van der Waals surface area contributed by atoms with Crippen molar-refractivity contribution in [3.8, 4) is 0 Å². The maximum atomic E-state index is 13.0. The first-order valence-electron chi connectivity index (χ1n) is 8.52. The molecule has 2 fully saturated rings. The van der Waals surface area contributed by atoms with Gasteiger partial charge in [-0.15, -0.1) is 0 Å². The summed E-state index contributed by atoms with van der Waals surface area (Å²) in [6, 6.07) is 6.40. The van der Waals surface area contributed by atoms with E-state index < -0.39 is 0 Å². The summed E-state index contributed by atoms with van der Waals surface area (Å²) in [6.07, 6.45) is 4.59. The van der Waals surface area contributed by atoms with Crippen molar-refractivity contribution in [3.63, 3.8) is 0 Å².